The lowest BCUT2D eigenvalue weighted by atomic mass is 10.2. The van der Waals surface area contributed by atoms with Gasteiger partial charge in [0.15, 0.2) is 0 Å². The van der Waals surface area contributed by atoms with Crippen LogP contribution in [0.5, 0.6) is 0 Å². The molecular formula is C20H25N3O2S. The molecular weight excluding hydrogens is 346 g/mol. The first-order valence-electron chi connectivity index (χ1n) is 9.28. The highest BCUT2D eigenvalue weighted by Gasteiger charge is 2.36. The van der Waals surface area contributed by atoms with E-state index in [-0.39, 0.29) is 5.91 Å². The molecule has 1 amide bonds. The average Bonchev–Trinajstić information content (AvgIpc) is 3.02. The maximum atomic E-state index is 12.4. The van der Waals surface area contributed by atoms with Gasteiger partial charge >= 0.3 is 0 Å². The van der Waals surface area contributed by atoms with Crippen LogP contribution in [0.15, 0.2) is 28.0 Å². The second kappa shape index (κ2) is 7.37. The third kappa shape index (κ3) is 4.07. The van der Waals surface area contributed by atoms with Crippen molar-refractivity contribution in [1.82, 2.24) is 14.8 Å². The van der Waals surface area contributed by atoms with E-state index in [0.29, 0.717) is 5.92 Å². The van der Waals surface area contributed by atoms with Gasteiger partial charge in [0, 0.05) is 50.1 Å². The van der Waals surface area contributed by atoms with Crippen molar-refractivity contribution in [3.63, 3.8) is 0 Å². The Morgan fingerprint density at radius 1 is 1.35 bits per heavy atom. The van der Waals surface area contributed by atoms with Crippen LogP contribution in [-0.2, 0) is 11.3 Å². The van der Waals surface area contributed by atoms with Crippen LogP contribution >= 0.6 is 11.3 Å². The molecule has 2 aliphatic rings. The summed E-state index contributed by atoms with van der Waals surface area (Å²) in [6, 6.07) is 4.00. The fraction of sp³-hybridized carbons (Fsp3) is 0.500. The van der Waals surface area contributed by atoms with E-state index in [1.54, 1.807) is 23.5 Å². The quantitative estimate of drug-likeness (QED) is 0.755. The minimum atomic E-state index is 0.0619. The van der Waals surface area contributed by atoms with Crippen molar-refractivity contribution in [2.24, 2.45) is 5.92 Å². The Hall–Kier alpha value is -1.92. The zero-order valence-electron chi connectivity index (χ0n) is 15.4. The van der Waals surface area contributed by atoms with Crippen LogP contribution in [0.1, 0.15) is 41.5 Å². The molecule has 5 nitrogen and oxygen atoms in total. The fourth-order valence-corrected chi connectivity index (χ4v) is 4.07. The first-order valence-corrected chi connectivity index (χ1v) is 10.2. The van der Waals surface area contributed by atoms with Crippen LogP contribution in [-0.4, -0.2) is 46.9 Å². The van der Waals surface area contributed by atoms with E-state index in [4.69, 9.17) is 4.42 Å². The second-order valence-corrected chi connectivity index (χ2v) is 8.41. The van der Waals surface area contributed by atoms with Crippen molar-refractivity contribution in [1.29, 1.82) is 0 Å². The molecule has 6 heteroatoms. The van der Waals surface area contributed by atoms with Crippen LogP contribution in [0.3, 0.4) is 0 Å². The highest BCUT2D eigenvalue weighted by molar-refractivity contribution is 7.09. The summed E-state index contributed by atoms with van der Waals surface area (Å²) < 4.78 is 5.83. The first-order chi connectivity index (χ1) is 12.6. The Labute approximate surface area is 158 Å². The minimum absolute atomic E-state index is 0.0619. The van der Waals surface area contributed by atoms with Gasteiger partial charge in [0.1, 0.15) is 11.5 Å². The van der Waals surface area contributed by atoms with Crippen LogP contribution in [0.4, 0.5) is 0 Å². The summed E-state index contributed by atoms with van der Waals surface area (Å²) in [5.74, 6) is 3.18. The summed E-state index contributed by atoms with van der Waals surface area (Å²) in [5, 5.41) is 3.23. The normalized spacial score (nSPS) is 23.7. The van der Waals surface area contributed by atoms with E-state index in [1.807, 2.05) is 24.0 Å². The lowest BCUT2D eigenvalue weighted by Crippen LogP contribution is -2.47. The van der Waals surface area contributed by atoms with Gasteiger partial charge in [-0.1, -0.05) is 6.92 Å². The number of furan rings is 1. The SMILES string of the molecule is Cc1nc(CN2CCN(C(=O)/C=C/c3ccc(C4CC4C)o3)CC2)cs1. The van der Waals surface area contributed by atoms with Crippen molar-refractivity contribution in [3.8, 4) is 0 Å². The van der Waals surface area contributed by atoms with E-state index < -0.39 is 0 Å². The Morgan fingerprint density at radius 2 is 2.12 bits per heavy atom. The number of hydrogen-bond donors (Lipinski definition) is 0. The van der Waals surface area contributed by atoms with Gasteiger partial charge in [-0.25, -0.2) is 4.98 Å². The number of rotatable bonds is 5. The topological polar surface area (TPSA) is 49.6 Å². The molecule has 0 N–H and O–H groups in total. The largest absolute Gasteiger partial charge is 0.461 e. The summed E-state index contributed by atoms with van der Waals surface area (Å²) in [5.41, 5.74) is 1.13. The summed E-state index contributed by atoms with van der Waals surface area (Å²) >= 11 is 1.69. The van der Waals surface area contributed by atoms with E-state index >= 15 is 0 Å². The molecule has 0 spiro atoms. The van der Waals surface area contributed by atoms with Gasteiger partial charge in [0.2, 0.25) is 5.91 Å². The maximum Gasteiger partial charge on any atom is 0.246 e. The molecule has 3 heterocycles. The summed E-state index contributed by atoms with van der Waals surface area (Å²) in [7, 11) is 0. The van der Waals surface area contributed by atoms with Gasteiger partial charge in [0.05, 0.1) is 10.7 Å². The van der Waals surface area contributed by atoms with Crippen LogP contribution < -0.4 is 0 Å². The zero-order valence-corrected chi connectivity index (χ0v) is 16.2. The van der Waals surface area contributed by atoms with Crippen molar-refractivity contribution in [2.75, 3.05) is 26.2 Å². The highest BCUT2D eigenvalue weighted by Crippen LogP contribution is 2.47. The molecule has 138 valence electrons. The summed E-state index contributed by atoms with van der Waals surface area (Å²) in [6.45, 7) is 8.44. The number of piperazine rings is 1. The molecule has 1 aliphatic heterocycles. The van der Waals surface area contributed by atoms with E-state index in [2.05, 4.69) is 22.2 Å². The van der Waals surface area contributed by atoms with Crippen LogP contribution in [0.25, 0.3) is 6.08 Å². The lowest BCUT2D eigenvalue weighted by Gasteiger charge is -2.33. The molecule has 0 aromatic carbocycles. The summed E-state index contributed by atoms with van der Waals surface area (Å²) in [6.07, 6.45) is 4.64. The number of carbonyl (C=O) groups is 1. The molecule has 2 fully saturated rings. The van der Waals surface area contributed by atoms with E-state index in [1.165, 1.54) is 6.42 Å². The molecule has 1 saturated heterocycles. The lowest BCUT2D eigenvalue weighted by molar-refractivity contribution is -0.127. The average molecular weight is 372 g/mol. The highest BCUT2D eigenvalue weighted by atomic mass is 32.1. The number of aromatic nitrogens is 1. The molecule has 4 rings (SSSR count). The molecule has 0 bridgehead atoms. The molecule has 1 aliphatic carbocycles. The number of aryl methyl sites for hydroxylation is 1. The van der Waals surface area contributed by atoms with Gasteiger partial charge in [0.25, 0.3) is 0 Å². The molecule has 2 unspecified atom stereocenters. The number of carbonyl (C=O) groups excluding carboxylic acids is 1. The molecule has 1 saturated carbocycles. The van der Waals surface area contributed by atoms with Gasteiger partial charge in [-0.2, -0.15) is 0 Å². The smallest absolute Gasteiger partial charge is 0.246 e. The van der Waals surface area contributed by atoms with E-state index in [0.717, 1.165) is 60.9 Å². The maximum absolute atomic E-state index is 12.4. The van der Waals surface area contributed by atoms with Crippen molar-refractivity contribution in [2.45, 2.75) is 32.7 Å². The van der Waals surface area contributed by atoms with Crippen LogP contribution in [0.2, 0.25) is 0 Å². The van der Waals surface area contributed by atoms with Gasteiger partial charge < -0.3 is 9.32 Å². The minimum Gasteiger partial charge on any atom is -0.461 e. The predicted molar refractivity (Wildman–Crippen MR) is 103 cm³/mol. The number of thiazole rings is 1. The third-order valence-corrected chi connectivity index (χ3v) is 6.07. The zero-order chi connectivity index (χ0) is 18.1. The number of hydrogen-bond acceptors (Lipinski definition) is 5. The predicted octanol–water partition coefficient (Wildman–Crippen LogP) is 3.53. The first kappa shape index (κ1) is 17.5. The Balaban J connectivity index is 1.26. The molecule has 26 heavy (non-hydrogen) atoms. The van der Waals surface area contributed by atoms with Crippen molar-refractivity contribution < 1.29 is 9.21 Å². The Morgan fingerprint density at radius 3 is 2.77 bits per heavy atom. The van der Waals surface area contributed by atoms with Gasteiger partial charge in [-0.15, -0.1) is 11.3 Å². The number of nitrogens with zero attached hydrogens (tertiary/aromatic N) is 3. The van der Waals surface area contributed by atoms with Gasteiger partial charge in [-0.3, -0.25) is 9.69 Å². The van der Waals surface area contributed by atoms with Crippen molar-refractivity contribution >= 4 is 23.3 Å². The monoisotopic (exact) mass is 371 g/mol. The second-order valence-electron chi connectivity index (χ2n) is 7.35. The Bertz CT molecular complexity index is 802. The van der Waals surface area contributed by atoms with Crippen molar-refractivity contribution in [3.05, 3.63) is 45.8 Å². The molecule has 0 radical (unpaired) electrons. The molecule has 2 atom stereocenters. The number of amides is 1. The standard InChI is InChI=1S/C20H25N3O2S/c1-14-11-18(14)19-5-3-17(25-19)4-6-20(24)23-9-7-22(8-10-23)12-16-13-26-15(2)21-16/h3-6,13-14,18H,7-12H2,1-2H3/b6-4+. The summed E-state index contributed by atoms with van der Waals surface area (Å²) in [4.78, 5) is 21.2. The molecule has 2 aromatic heterocycles. The van der Waals surface area contributed by atoms with E-state index in [9.17, 15) is 4.79 Å². The van der Waals surface area contributed by atoms with Gasteiger partial charge in [-0.05, 0) is 37.5 Å². The van der Waals surface area contributed by atoms with Crippen LogP contribution in [0, 0.1) is 12.8 Å². The fourth-order valence-electron chi connectivity index (χ4n) is 3.47. The third-order valence-electron chi connectivity index (χ3n) is 5.25. The Kier molecular flexibility index (Phi) is 4.96. The molecule has 2 aromatic rings.